The SMILES string of the molecule is CC(C)NC(=O)OCc1c(COC(=O)NC(C)C)c(-c2ccc(Cl)cc2Cl)n2c1CCC2. The molecule has 9 heteroatoms. The number of benzene rings is 1. The van der Waals surface area contributed by atoms with Crippen molar-refractivity contribution >= 4 is 35.4 Å². The number of hydrogen-bond acceptors (Lipinski definition) is 4. The Hall–Kier alpha value is -2.38. The van der Waals surface area contributed by atoms with Gasteiger partial charge in [0.15, 0.2) is 0 Å². The first kappa shape index (κ1) is 24.3. The molecule has 2 amide bonds. The van der Waals surface area contributed by atoms with E-state index in [1.54, 1.807) is 12.1 Å². The number of carbonyl (C=O) groups is 2. The van der Waals surface area contributed by atoms with Crippen molar-refractivity contribution in [2.24, 2.45) is 0 Å². The van der Waals surface area contributed by atoms with Gasteiger partial charge in [-0.05, 0) is 58.7 Å². The number of ether oxygens (including phenoxy) is 2. The topological polar surface area (TPSA) is 81.6 Å². The van der Waals surface area contributed by atoms with Gasteiger partial charge in [0.2, 0.25) is 0 Å². The third kappa shape index (κ3) is 5.70. The van der Waals surface area contributed by atoms with Crippen molar-refractivity contribution in [1.82, 2.24) is 15.2 Å². The van der Waals surface area contributed by atoms with Crippen LogP contribution in [0.15, 0.2) is 18.2 Å². The molecule has 32 heavy (non-hydrogen) atoms. The Morgan fingerprint density at radius 3 is 2.16 bits per heavy atom. The van der Waals surface area contributed by atoms with Gasteiger partial charge in [0.25, 0.3) is 0 Å². The Morgan fingerprint density at radius 1 is 1.00 bits per heavy atom. The van der Waals surface area contributed by atoms with Crippen LogP contribution in [-0.2, 0) is 35.7 Å². The first-order chi connectivity index (χ1) is 15.2. The van der Waals surface area contributed by atoms with Gasteiger partial charge in [0.05, 0.1) is 10.7 Å². The van der Waals surface area contributed by atoms with Gasteiger partial charge in [-0.3, -0.25) is 0 Å². The quantitative estimate of drug-likeness (QED) is 0.532. The van der Waals surface area contributed by atoms with E-state index in [-0.39, 0.29) is 25.3 Å². The molecule has 7 nitrogen and oxygen atoms in total. The van der Waals surface area contributed by atoms with Gasteiger partial charge in [-0.2, -0.15) is 0 Å². The zero-order chi connectivity index (χ0) is 23.4. The maximum Gasteiger partial charge on any atom is 0.407 e. The fourth-order valence-corrected chi connectivity index (χ4v) is 4.36. The molecule has 2 heterocycles. The molecule has 3 rings (SSSR count). The highest BCUT2D eigenvalue weighted by molar-refractivity contribution is 6.36. The molecular weight excluding hydrogens is 453 g/mol. The Morgan fingerprint density at radius 2 is 1.59 bits per heavy atom. The smallest absolute Gasteiger partial charge is 0.407 e. The highest BCUT2D eigenvalue weighted by atomic mass is 35.5. The molecule has 2 N–H and O–H groups in total. The minimum absolute atomic E-state index is 0.0251. The van der Waals surface area contributed by atoms with Gasteiger partial charge >= 0.3 is 12.2 Å². The lowest BCUT2D eigenvalue weighted by Gasteiger charge is -2.15. The summed E-state index contributed by atoms with van der Waals surface area (Å²) in [7, 11) is 0. The number of aromatic nitrogens is 1. The molecule has 0 fully saturated rings. The molecule has 2 aromatic rings. The zero-order valence-corrected chi connectivity index (χ0v) is 20.3. The number of amides is 2. The van der Waals surface area contributed by atoms with E-state index in [4.69, 9.17) is 32.7 Å². The summed E-state index contributed by atoms with van der Waals surface area (Å²) in [6.45, 7) is 8.35. The Balaban J connectivity index is 2.01. The molecular formula is C23H29Cl2N3O4. The van der Waals surface area contributed by atoms with E-state index in [1.807, 2.05) is 33.8 Å². The van der Waals surface area contributed by atoms with Crippen molar-refractivity contribution in [2.45, 2.75) is 72.4 Å². The summed E-state index contributed by atoms with van der Waals surface area (Å²) < 4.78 is 13.2. The number of rotatable bonds is 7. The molecule has 0 bridgehead atoms. The van der Waals surface area contributed by atoms with Crippen LogP contribution in [0.25, 0.3) is 11.3 Å². The van der Waals surface area contributed by atoms with E-state index in [0.717, 1.165) is 47.5 Å². The molecule has 174 valence electrons. The second-order valence-corrected chi connectivity index (χ2v) is 9.23. The van der Waals surface area contributed by atoms with Gasteiger partial charge in [0, 0.05) is 46.0 Å². The summed E-state index contributed by atoms with van der Waals surface area (Å²) in [5.74, 6) is 0. The minimum atomic E-state index is -0.510. The van der Waals surface area contributed by atoms with Gasteiger partial charge in [-0.15, -0.1) is 0 Å². The van der Waals surface area contributed by atoms with E-state index in [1.165, 1.54) is 0 Å². The fourth-order valence-electron chi connectivity index (χ4n) is 3.86. The minimum Gasteiger partial charge on any atom is -0.445 e. The summed E-state index contributed by atoms with van der Waals surface area (Å²) in [6, 6.07) is 5.25. The lowest BCUT2D eigenvalue weighted by Crippen LogP contribution is -2.31. The number of halogens is 2. The van der Waals surface area contributed by atoms with Crippen LogP contribution in [-0.4, -0.2) is 28.8 Å². The molecule has 0 saturated heterocycles. The van der Waals surface area contributed by atoms with Crippen LogP contribution in [0.5, 0.6) is 0 Å². The van der Waals surface area contributed by atoms with E-state index in [9.17, 15) is 9.59 Å². The van der Waals surface area contributed by atoms with Crippen LogP contribution >= 0.6 is 23.2 Å². The second-order valence-electron chi connectivity index (χ2n) is 8.38. The van der Waals surface area contributed by atoms with Crippen LogP contribution in [0, 0.1) is 0 Å². The zero-order valence-electron chi connectivity index (χ0n) is 18.8. The lowest BCUT2D eigenvalue weighted by molar-refractivity contribution is 0.129. The summed E-state index contributed by atoms with van der Waals surface area (Å²) in [5, 5.41) is 6.49. The molecule has 0 atom stereocenters. The summed E-state index contributed by atoms with van der Waals surface area (Å²) in [6.07, 6.45) is 0.798. The van der Waals surface area contributed by atoms with Crippen molar-refractivity contribution in [1.29, 1.82) is 0 Å². The highest BCUT2D eigenvalue weighted by Crippen LogP contribution is 2.40. The standard InChI is InChI=1S/C23H29Cl2N3O4/c1-13(2)26-22(29)31-11-17-18(12-32-23(30)27-14(3)4)21(28-9-5-6-20(17)28)16-8-7-15(24)10-19(16)25/h7-8,10,13-14H,5-6,9,11-12H2,1-4H3,(H,26,29)(H,27,30). The number of alkyl carbamates (subject to hydrolysis) is 2. The normalized spacial score (nSPS) is 12.8. The molecule has 0 aliphatic carbocycles. The monoisotopic (exact) mass is 481 g/mol. The van der Waals surface area contributed by atoms with Crippen LogP contribution in [0.2, 0.25) is 10.0 Å². The van der Waals surface area contributed by atoms with Crippen LogP contribution in [0.4, 0.5) is 9.59 Å². The van der Waals surface area contributed by atoms with Crippen molar-refractivity contribution < 1.29 is 19.1 Å². The van der Waals surface area contributed by atoms with Gasteiger partial charge < -0.3 is 24.7 Å². The predicted molar refractivity (Wildman–Crippen MR) is 125 cm³/mol. The lowest BCUT2D eigenvalue weighted by atomic mass is 10.0. The fraction of sp³-hybridized carbons (Fsp3) is 0.478. The first-order valence-corrected chi connectivity index (χ1v) is 11.5. The van der Waals surface area contributed by atoms with Crippen molar-refractivity contribution in [3.8, 4) is 11.3 Å². The predicted octanol–water partition coefficient (Wildman–Crippen LogP) is 5.68. The molecule has 1 aromatic heterocycles. The van der Waals surface area contributed by atoms with Gasteiger partial charge in [-0.25, -0.2) is 9.59 Å². The second kappa shape index (κ2) is 10.5. The average Bonchev–Trinajstić information content (AvgIpc) is 3.25. The summed E-state index contributed by atoms with van der Waals surface area (Å²) >= 11 is 12.7. The average molecular weight is 482 g/mol. The van der Waals surface area contributed by atoms with Gasteiger partial charge in [-0.1, -0.05) is 23.2 Å². The van der Waals surface area contributed by atoms with Crippen LogP contribution in [0.3, 0.4) is 0 Å². The number of carbonyl (C=O) groups excluding carboxylic acids is 2. The largest absolute Gasteiger partial charge is 0.445 e. The number of nitrogens with one attached hydrogen (secondary N) is 2. The molecule has 1 aromatic carbocycles. The number of hydrogen-bond donors (Lipinski definition) is 2. The Labute approximate surface area is 198 Å². The summed E-state index contributed by atoms with van der Waals surface area (Å²) in [4.78, 5) is 24.3. The maximum absolute atomic E-state index is 12.2. The summed E-state index contributed by atoms with van der Waals surface area (Å²) in [5.41, 5.74) is 4.34. The molecule has 1 aliphatic heterocycles. The van der Waals surface area contributed by atoms with E-state index in [2.05, 4.69) is 15.2 Å². The molecule has 0 unspecified atom stereocenters. The molecule has 0 spiro atoms. The third-order valence-corrected chi connectivity index (χ3v) is 5.63. The van der Waals surface area contributed by atoms with Crippen molar-refractivity contribution in [3.63, 3.8) is 0 Å². The highest BCUT2D eigenvalue weighted by Gasteiger charge is 2.29. The third-order valence-electron chi connectivity index (χ3n) is 5.08. The van der Waals surface area contributed by atoms with Gasteiger partial charge in [0.1, 0.15) is 13.2 Å². The maximum atomic E-state index is 12.2. The van der Waals surface area contributed by atoms with Crippen LogP contribution < -0.4 is 10.6 Å². The molecule has 1 aliphatic rings. The number of fused-ring (bicyclic) bond motifs is 1. The molecule has 0 saturated carbocycles. The van der Waals surface area contributed by atoms with E-state index < -0.39 is 12.2 Å². The van der Waals surface area contributed by atoms with Crippen molar-refractivity contribution in [3.05, 3.63) is 45.1 Å². The van der Waals surface area contributed by atoms with E-state index in [0.29, 0.717) is 10.0 Å². The molecule has 0 radical (unpaired) electrons. The Kier molecular flexibility index (Phi) is 7.96. The Bertz CT molecular complexity index is 1000. The van der Waals surface area contributed by atoms with Crippen LogP contribution in [0.1, 0.15) is 50.9 Å². The van der Waals surface area contributed by atoms with Crippen molar-refractivity contribution in [2.75, 3.05) is 0 Å². The first-order valence-electron chi connectivity index (χ1n) is 10.7. The number of nitrogens with zero attached hydrogens (tertiary/aromatic N) is 1. The van der Waals surface area contributed by atoms with E-state index >= 15 is 0 Å².